The summed E-state index contributed by atoms with van der Waals surface area (Å²) in [5, 5.41) is 20.9. The molecule has 0 aliphatic carbocycles. The van der Waals surface area contributed by atoms with Crippen LogP contribution in [0.15, 0.2) is 72.8 Å². The van der Waals surface area contributed by atoms with E-state index in [-0.39, 0.29) is 5.69 Å². The standard InChI is InChI=1S/C22H15ClN2O3/c23-22-7-2-1-5-18(22)15-28-21-6-3-4-16(13-21)12-19(14-24)17-8-10-20(11-9-17)25(26)27/h1-13H,15H2/b19-12-. The van der Waals surface area contributed by atoms with E-state index in [0.29, 0.717) is 28.5 Å². The molecule has 0 bridgehead atoms. The molecule has 0 unspecified atom stereocenters. The van der Waals surface area contributed by atoms with Gasteiger partial charge in [-0.3, -0.25) is 10.1 Å². The highest BCUT2D eigenvalue weighted by Gasteiger charge is 2.07. The van der Waals surface area contributed by atoms with Gasteiger partial charge < -0.3 is 4.74 Å². The first-order valence-electron chi connectivity index (χ1n) is 8.40. The Morgan fingerprint density at radius 3 is 2.54 bits per heavy atom. The Hall–Kier alpha value is -3.62. The number of ether oxygens (including phenoxy) is 1. The van der Waals surface area contributed by atoms with Crippen molar-refractivity contribution in [3.8, 4) is 11.8 Å². The minimum atomic E-state index is -0.473. The molecule has 0 aromatic heterocycles. The van der Waals surface area contributed by atoms with Gasteiger partial charge in [0.15, 0.2) is 0 Å². The number of nitrogens with zero attached hydrogens (tertiary/aromatic N) is 2. The SMILES string of the molecule is N#C/C(=C/c1cccc(OCc2ccccc2Cl)c1)c1ccc([N+](=O)[O-])cc1. The molecule has 0 radical (unpaired) electrons. The molecule has 0 aliphatic rings. The van der Waals surface area contributed by atoms with E-state index in [1.807, 2.05) is 48.5 Å². The van der Waals surface area contributed by atoms with Gasteiger partial charge in [-0.15, -0.1) is 0 Å². The second-order valence-electron chi connectivity index (χ2n) is 5.93. The van der Waals surface area contributed by atoms with Crippen molar-refractivity contribution < 1.29 is 9.66 Å². The number of halogens is 1. The van der Waals surface area contributed by atoms with Crippen molar-refractivity contribution in [2.24, 2.45) is 0 Å². The third-order valence-corrected chi connectivity index (χ3v) is 4.40. The minimum absolute atomic E-state index is 0.0176. The Balaban J connectivity index is 1.79. The first-order chi connectivity index (χ1) is 13.6. The summed E-state index contributed by atoms with van der Waals surface area (Å²) in [5.41, 5.74) is 2.66. The number of non-ortho nitro benzene ring substituents is 1. The fraction of sp³-hybridized carbons (Fsp3) is 0.0455. The monoisotopic (exact) mass is 390 g/mol. The van der Waals surface area contributed by atoms with Crippen molar-refractivity contribution in [2.45, 2.75) is 6.61 Å². The lowest BCUT2D eigenvalue weighted by Crippen LogP contribution is -1.96. The molecule has 0 aliphatic heterocycles. The molecule has 0 saturated heterocycles. The van der Waals surface area contributed by atoms with Crippen LogP contribution in [0.3, 0.4) is 0 Å². The quantitative estimate of drug-likeness (QED) is 0.227. The highest BCUT2D eigenvalue weighted by atomic mass is 35.5. The highest BCUT2D eigenvalue weighted by molar-refractivity contribution is 6.31. The van der Waals surface area contributed by atoms with Crippen LogP contribution in [0.2, 0.25) is 5.02 Å². The number of rotatable bonds is 6. The van der Waals surface area contributed by atoms with Gasteiger partial charge in [0.2, 0.25) is 0 Å². The van der Waals surface area contributed by atoms with Crippen molar-refractivity contribution >= 4 is 28.9 Å². The highest BCUT2D eigenvalue weighted by Crippen LogP contribution is 2.24. The van der Waals surface area contributed by atoms with E-state index in [1.54, 1.807) is 18.2 Å². The van der Waals surface area contributed by atoms with Crippen LogP contribution in [0, 0.1) is 21.4 Å². The van der Waals surface area contributed by atoms with Gasteiger partial charge in [0.05, 0.1) is 16.6 Å². The van der Waals surface area contributed by atoms with Crippen LogP contribution in [-0.4, -0.2) is 4.92 Å². The first kappa shape index (κ1) is 19.2. The number of hydrogen-bond acceptors (Lipinski definition) is 4. The van der Waals surface area contributed by atoms with Crippen LogP contribution < -0.4 is 4.74 Å². The molecule has 0 amide bonds. The van der Waals surface area contributed by atoms with Gasteiger partial charge in [0.25, 0.3) is 5.69 Å². The normalized spacial score (nSPS) is 10.9. The fourth-order valence-corrected chi connectivity index (χ4v) is 2.77. The van der Waals surface area contributed by atoms with Crippen LogP contribution in [0.1, 0.15) is 16.7 Å². The van der Waals surface area contributed by atoms with E-state index in [2.05, 4.69) is 6.07 Å². The summed E-state index contributed by atoms with van der Waals surface area (Å²) in [5.74, 6) is 0.648. The predicted octanol–water partition coefficient (Wildman–Crippen LogP) is 5.89. The lowest BCUT2D eigenvalue weighted by Gasteiger charge is -2.08. The molecule has 0 N–H and O–H groups in total. The second kappa shape index (κ2) is 8.85. The summed E-state index contributed by atoms with van der Waals surface area (Å²) in [7, 11) is 0. The van der Waals surface area contributed by atoms with Crippen molar-refractivity contribution in [3.63, 3.8) is 0 Å². The zero-order valence-electron chi connectivity index (χ0n) is 14.7. The van der Waals surface area contributed by atoms with Gasteiger partial charge in [0.1, 0.15) is 12.4 Å². The Labute approximate surface area is 167 Å². The maximum Gasteiger partial charge on any atom is 0.269 e. The molecule has 6 heteroatoms. The molecule has 3 aromatic carbocycles. The molecule has 0 saturated carbocycles. The lowest BCUT2D eigenvalue weighted by molar-refractivity contribution is -0.384. The number of hydrogen-bond donors (Lipinski definition) is 0. The van der Waals surface area contributed by atoms with E-state index >= 15 is 0 Å². The van der Waals surface area contributed by atoms with E-state index in [1.165, 1.54) is 12.1 Å². The molecule has 5 nitrogen and oxygen atoms in total. The topological polar surface area (TPSA) is 76.2 Å². The maximum absolute atomic E-state index is 10.8. The molecular formula is C22H15ClN2O3. The summed E-state index contributed by atoms with van der Waals surface area (Å²) in [6, 6.07) is 22.8. The summed E-state index contributed by atoms with van der Waals surface area (Å²) in [4.78, 5) is 10.3. The number of nitriles is 1. The van der Waals surface area contributed by atoms with Crippen molar-refractivity contribution in [1.82, 2.24) is 0 Å². The predicted molar refractivity (Wildman–Crippen MR) is 109 cm³/mol. The first-order valence-corrected chi connectivity index (χ1v) is 8.77. The van der Waals surface area contributed by atoms with Gasteiger partial charge in [-0.2, -0.15) is 5.26 Å². The third-order valence-electron chi connectivity index (χ3n) is 4.03. The van der Waals surface area contributed by atoms with Gasteiger partial charge in [-0.05, 0) is 47.5 Å². The molecule has 3 rings (SSSR count). The third kappa shape index (κ3) is 4.76. The lowest BCUT2D eigenvalue weighted by atomic mass is 10.0. The summed E-state index contributed by atoms with van der Waals surface area (Å²) in [6.07, 6.45) is 1.71. The largest absolute Gasteiger partial charge is 0.489 e. The second-order valence-corrected chi connectivity index (χ2v) is 6.33. The maximum atomic E-state index is 10.8. The van der Waals surface area contributed by atoms with Crippen LogP contribution in [-0.2, 0) is 6.61 Å². The summed E-state index contributed by atoms with van der Waals surface area (Å²) in [6.45, 7) is 0.334. The van der Waals surface area contributed by atoms with Gasteiger partial charge in [0, 0.05) is 22.7 Å². The zero-order chi connectivity index (χ0) is 19.9. The number of benzene rings is 3. The fourth-order valence-electron chi connectivity index (χ4n) is 2.58. The van der Waals surface area contributed by atoms with E-state index < -0.39 is 4.92 Å². The van der Waals surface area contributed by atoms with E-state index in [0.717, 1.165) is 11.1 Å². The van der Waals surface area contributed by atoms with Crippen LogP contribution in [0.25, 0.3) is 11.6 Å². The summed E-state index contributed by atoms with van der Waals surface area (Å²) >= 11 is 6.14. The molecular weight excluding hydrogens is 376 g/mol. The molecule has 138 valence electrons. The Morgan fingerprint density at radius 1 is 1.11 bits per heavy atom. The van der Waals surface area contributed by atoms with E-state index in [4.69, 9.17) is 16.3 Å². The van der Waals surface area contributed by atoms with Crippen LogP contribution >= 0.6 is 11.6 Å². The Kier molecular flexibility index (Phi) is 6.05. The Morgan fingerprint density at radius 2 is 1.86 bits per heavy atom. The van der Waals surface area contributed by atoms with Crippen molar-refractivity contribution in [3.05, 3.63) is 105 Å². The zero-order valence-corrected chi connectivity index (χ0v) is 15.5. The molecule has 0 heterocycles. The van der Waals surface area contributed by atoms with Crippen molar-refractivity contribution in [2.75, 3.05) is 0 Å². The average Bonchev–Trinajstić information content (AvgIpc) is 2.72. The number of allylic oxidation sites excluding steroid dienone is 1. The van der Waals surface area contributed by atoms with Crippen LogP contribution in [0.5, 0.6) is 5.75 Å². The minimum Gasteiger partial charge on any atom is -0.489 e. The Bertz CT molecular complexity index is 1070. The summed E-state index contributed by atoms with van der Waals surface area (Å²) < 4.78 is 5.80. The van der Waals surface area contributed by atoms with E-state index in [9.17, 15) is 15.4 Å². The van der Waals surface area contributed by atoms with Crippen molar-refractivity contribution in [1.29, 1.82) is 5.26 Å². The molecule has 3 aromatic rings. The molecule has 0 fully saturated rings. The molecule has 28 heavy (non-hydrogen) atoms. The average molecular weight is 391 g/mol. The van der Waals surface area contributed by atoms with Gasteiger partial charge in [-0.25, -0.2) is 0 Å². The number of nitro benzene ring substituents is 1. The smallest absolute Gasteiger partial charge is 0.269 e. The van der Waals surface area contributed by atoms with Gasteiger partial charge >= 0.3 is 0 Å². The van der Waals surface area contributed by atoms with Gasteiger partial charge in [-0.1, -0.05) is 41.9 Å². The number of nitro groups is 1. The van der Waals surface area contributed by atoms with Crippen LogP contribution in [0.4, 0.5) is 5.69 Å². The molecule has 0 atom stereocenters. The molecule has 0 spiro atoms.